The van der Waals surface area contributed by atoms with Gasteiger partial charge in [0, 0.05) is 16.8 Å². The molecule has 7 nitrogen and oxygen atoms in total. The van der Waals surface area contributed by atoms with Crippen molar-refractivity contribution in [2.75, 3.05) is 11.6 Å². The molecule has 0 saturated heterocycles. The van der Waals surface area contributed by atoms with Crippen LogP contribution in [-0.2, 0) is 15.9 Å². The molecule has 1 heterocycles. The number of carbonyl (C=O) groups excluding carboxylic acids is 1. The van der Waals surface area contributed by atoms with Gasteiger partial charge in [-0.2, -0.15) is 13.2 Å². The zero-order valence-corrected chi connectivity index (χ0v) is 20.0. The third-order valence-electron chi connectivity index (χ3n) is 5.04. The first-order chi connectivity index (χ1) is 16.2. The number of halogens is 4. The van der Waals surface area contributed by atoms with Crippen LogP contribution >= 0.6 is 0 Å². The van der Waals surface area contributed by atoms with Gasteiger partial charge in [0.2, 0.25) is 0 Å². The van der Waals surface area contributed by atoms with E-state index < -0.39 is 50.3 Å². The van der Waals surface area contributed by atoms with Crippen molar-refractivity contribution in [3.8, 4) is 11.6 Å². The number of rotatable bonds is 6. The number of ether oxygens (including phenoxy) is 1. The molecule has 1 atom stereocenters. The van der Waals surface area contributed by atoms with Crippen LogP contribution in [0, 0.1) is 17.5 Å². The predicted molar refractivity (Wildman–Crippen MR) is 122 cm³/mol. The molecule has 0 radical (unpaired) electrons. The average molecular weight is 511 g/mol. The Morgan fingerprint density at radius 3 is 2.40 bits per heavy atom. The smallest absolute Gasteiger partial charge is 0.434 e. The normalized spacial score (nSPS) is 13.4. The third-order valence-corrected chi connectivity index (χ3v) is 6.20. The summed E-state index contributed by atoms with van der Waals surface area (Å²) in [6.45, 7) is 4.53. The summed E-state index contributed by atoms with van der Waals surface area (Å²) in [5, 5.41) is 9.01. The zero-order valence-electron chi connectivity index (χ0n) is 19.2. The van der Waals surface area contributed by atoms with Crippen LogP contribution < -0.4 is 10.1 Å². The van der Waals surface area contributed by atoms with E-state index in [0.717, 1.165) is 6.92 Å². The van der Waals surface area contributed by atoms with Gasteiger partial charge in [-0.1, -0.05) is 32.0 Å². The second-order valence-electron chi connectivity index (χ2n) is 8.09. The van der Waals surface area contributed by atoms with Crippen molar-refractivity contribution in [2.45, 2.75) is 37.8 Å². The van der Waals surface area contributed by atoms with Crippen molar-refractivity contribution < 1.29 is 31.3 Å². The van der Waals surface area contributed by atoms with E-state index in [-0.39, 0.29) is 22.3 Å². The van der Waals surface area contributed by atoms with Crippen LogP contribution in [0.1, 0.15) is 46.9 Å². The van der Waals surface area contributed by atoms with Gasteiger partial charge < -0.3 is 10.1 Å². The molecule has 0 saturated carbocycles. The van der Waals surface area contributed by atoms with Gasteiger partial charge in [0.05, 0.1) is 9.73 Å². The lowest BCUT2D eigenvalue weighted by Gasteiger charge is -2.17. The van der Waals surface area contributed by atoms with Crippen LogP contribution in [0.25, 0.3) is 0 Å². The van der Waals surface area contributed by atoms with Gasteiger partial charge in [-0.15, -0.1) is 10.2 Å². The number of benzene rings is 2. The molecule has 3 rings (SSSR count). The number of nitrogens with zero attached hydrogens (tertiary/aromatic N) is 2. The second-order valence-corrected chi connectivity index (χ2v) is 10.3. The summed E-state index contributed by atoms with van der Waals surface area (Å²) >= 11 is 0. The highest BCUT2D eigenvalue weighted by molar-refractivity contribution is 7.91. The first-order valence-electron chi connectivity index (χ1n) is 10.3. The SMILES string of the molecule is Cc1c(C(F)(F)F)nnc(Oc2cccc(C(C)C)c2F)c1C(=O)Nc1cccc(S(C)(=N)=O)c1. The van der Waals surface area contributed by atoms with Gasteiger partial charge in [0.25, 0.3) is 11.8 Å². The number of carbonyl (C=O) groups is 1. The first-order valence-corrected chi connectivity index (χ1v) is 12.2. The minimum Gasteiger partial charge on any atom is -0.434 e. The maximum atomic E-state index is 14.9. The molecule has 0 fully saturated rings. The van der Waals surface area contributed by atoms with Crippen molar-refractivity contribution in [2.24, 2.45) is 0 Å². The summed E-state index contributed by atoms with van der Waals surface area (Å²) in [5.41, 5.74) is -2.19. The number of anilines is 1. The van der Waals surface area contributed by atoms with E-state index >= 15 is 0 Å². The summed E-state index contributed by atoms with van der Waals surface area (Å²) in [5.74, 6) is -2.94. The van der Waals surface area contributed by atoms with Crippen molar-refractivity contribution in [3.63, 3.8) is 0 Å². The number of hydrogen-bond donors (Lipinski definition) is 2. The van der Waals surface area contributed by atoms with Crippen molar-refractivity contribution in [1.82, 2.24) is 10.2 Å². The molecule has 0 aliphatic carbocycles. The Hall–Kier alpha value is -3.54. The average Bonchev–Trinajstić information content (AvgIpc) is 2.73. The highest BCUT2D eigenvalue weighted by atomic mass is 32.2. The summed E-state index contributed by atoms with van der Waals surface area (Å²) in [6.07, 6.45) is -3.72. The molecular formula is C23H22F4N4O3S. The quantitative estimate of drug-likeness (QED) is 0.387. The van der Waals surface area contributed by atoms with Gasteiger partial charge >= 0.3 is 6.18 Å². The zero-order chi connectivity index (χ0) is 26.1. The van der Waals surface area contributed by atoms with E-state index in [1.54, 1.807) is 13.8 Å². The fraction of sp³-hybridized carbons (Fsp3) is 0.261. The van der Waals surface area contributed by atoms with Crippen LogP contribution in [0.3, 0.4) is 0 Å². The summed E-state index contributed by atoms with van der Waals surface area (Å²) in [6, 6.07) is 9.84. The van der Waals surface area contributed by atoms with E-state index in [9.17, 15) is 26.6 Å². The second kappa shape index (κ2) is 9.61. The maximum absolute atomic E-state index is 14.9. The first kappa shape index (κ1) is 26.1. The molecule has 1 unspecified atom stereocenters. The van der Waals surface area contributed by atoms with Crippen LogP contribution in [0.5, 0.6) is 11.6 Å². The molecule has 35 heavy (non-hydrogen) atoms. The summed E-state index contributed by atoms with van der Waals surface area (Å²) in [7, 11) is -3.11. The van der Waals surface area contributed by atoms with Crippen molar-refractivity contribution in [1.29, 1.82) is 4.78 Å². The van der Waals surface area contributed by atoms with E-state index in [1.165, 1.54) is 48.7 Å². The molecule has 186 valence electrons. The lowest BCUT2D eigenvalue weighted by atomic mass is 10.0. The van der Waals surface area contributed by atoms with E-state index in [0.29, 0.717) is 5.56 Å². The Bertz CT molecular complexity index is 1390. The van der Waals surface area contributed by atoms with Gasteiger partial charge in [0.1, 0.15) is 5.56 Å². The van der Waals surface area contributed by atoms with Crippen molar-refractivity contribution >= 4 is 21.3 Å². The third kappa shape index (κ3) is 5.76. The monoisotopic (exact) mass is 510 g/mol. The Kier molecular flexibility index (Phi) is 7.16. The minimum absolute atomic E-state index is 0.0815. The number of amides is 1. The molecule has 12 heteroatoms. The van der Waals surface area contributed by atoms with Gasteiger partial charge in [-0.3, -0.25) is 4.79 Å². The molecule has 0 aliphatic heterocycles. The van der Waals surface area contributed by atoms with Crippen LogP contribution in [0.4, 0.5) is 23.2 Å². The summed E-state index contributed by atoms with van der Waals surface area (Å²) < 4.78 is 80.5. The fourth-order valence-electron chi connectivity index (χ4n) is 3.27. The largest absolute Gasteiger partial charge is 0.435 e. The maximum Gasteiger partial charge on any atom is 0.435 e. The molecule has 0 aliphatic rings. The minimum atomic E-state index is -4.91. The highest BCUT2D eigenvalue weighted by Gasteiger charge is 2.38. The van der Waals surface area contributed by atoms with Gasteiger partial charge in [-0.25, -0.2) is 13.4 Å². The number of nitrogens with one attached hydrogen (secondary N) is 2. The molecule has 3 aromatic rings. The number of hydrogen-bond acceptors (Lipinski definition) is 6. The van der Waals surface area contributed by atoms with E-state index in [2.05, 4.69) is 15.5 Å². The molecular weight excluding hydrogens is 488 g/mol. The molecule has 1 aromatic heterocycles. The Balaban J connectivity index is 2.10. The molecule has 2 N–H and O–H groups in total. The number of aromatic nitrogens is 2. The summed E-state index contributed by atoms with van der Waals surface area (Å²) in [4.78, 5) is 13.2. The van der Waals surface area contributed by atoms with Crippen LogP contribution in [0.2, 0.25) is 0 Å². The van der Waals surface area contributed by atoms with Crippen LogP contribution in [0.15, 0.2) is 47.4 Å². The Labute approximate surface area is 199 Å². The molecule has 1 amide bonds. The predicted octanol–water partition coefficient (Wildman–Crippen LogP) is 6.15. The van der Waals surface area contributed by atoms with Crippen LogP contribution in [-0.4, -0.2) is 26.6 Å². The number of alkyl halides is 3. The molecule has 0 spiro atoms. The van der Waals surface area contributed by atoms with Gasteiger partial charge in [-0.05, 0) is 48.2 Å². The Morgan fingerprint density at radius 1 is 1.14 bits per heavy atom. The standard InChI is InChI=1S/C23H22F4N4O3S/c1-12(2)16-9-6-10-17(19(16)24)34-22-18(13(3)20(30-31-22)23(25,26)27)21(32)29-14-7-5-8-15(11-14)35(4,28)33/h5-12,28H,1-4H3,(H,29,32). The Morgan fingerprint density at radius 2 is 1.80 bits per heavy atom. The van der Waals surface area contributed by atoms with E-state index in [4.69, 9.17) is 9.52 Å². The molecule has 0 bridgehead atoms. The van der Waals surface area contributed by atoms with Crippen molar-refractivity contribution in [3.05, 3.63) is 70.7 Å². The molecule has 2 aromatic carbocycles. The lowest BCUT2D eigenvalue weighted by Crippen LogP contribution is -2.21. The van der Waals surface area contributed by atoms with Gasteiger partial charge in [0.15, 0.2) is 17.3 Å². The lowest BCUT2D eigenvalue weighted by molar-refractivity contribution is -0.142. The fourth-order valence-corrected chi connectivity index (χ4v) is 3.96. The topological polar surface area (TPSA) is 105 Å². The highest BCUT2D eigenvalue weighted by Crippen LogP contribution is 2.36. The van der Waals surface area contributed by atoms with E-state index in [1.807, 2.05) is 0 Å².